The van der Waals surface area contributed by atoms with Crippen molar-refractivity contribution in [3.8, 4) is 0 Å². The van der Waals surface area contributed by atoms with Crippen molar-refractivity contribution in [3.63, 3.8) is 0 Å². The second-order valence-electron chi connectivity index (χ2n) is 5.04. The third-order valence-corrected chi connectivity index (χ3v) is 3.65. The van der Waals surface area contributed by atoms with E-state index in [2.05, 4.69) is 19.2 Å². The van der Waals surface area contributed by atoms with Crippen molar-refractivity contribution >= 4 is 5.91 Å². The van der Waals surface area contributed by atoms with Crippen molar-refractivity contribution in [1.29, 1.82) is 0 Å². The van der Waals surface area contributed by atoms with Crippen LogP contribution in [0.3, 0.4) is 0 Å². The zero-order chi connectivity index (χ0) is 14.1. The molecule has 0 saturated heterocycles. The lowest BCUT2D eigenvalue weighted by atomic mass is 10.0. The summed E-state index contributed by atoms with van der Waals surface area (Å²) in [5, 5.41) is 3.00. The van der Waals surface area contributed by atoms with Gasteiger partial charge in [-0.2, -0.15) is 0 Å². The summed E-state index contributed by atoms with van der Waals surface area (Å²) in [5.41, 5.74) is 7.16. The van der Waals surface area contributed by atoms with Crippen molar-refractivity contribution in [3.05, 3.63) is 35.9 Å². The first-order chi connectivity index (χ1) is 9.17. The van der Waals surface area contributed by atoms with Gasteiger partial charge in [-0.05, 0) is 17.9 Å². The molecule has 0 aliphatic carbocycles. The van der Waals surface area contributed by atoms with E-state index in [0.29, 0.717) is 18.8 Å². The van der Waals surface area contributed by atoms with Crippen LogP contribution in [0.2, 0.25) is 0 Å². The minimum atomic E-state index is -0.0555. The molecule has 1 atom stereocenters. The largest absolute Gasteiger partial charge is 0.356 e. The second kappa shape index (κ2) is 8.70. The molecule has 0 aromatic heterocycles. The molecule has 0 aliphatic rings. The van der Waals surface area contributed by atoms with Gasteiger partial charge in [0.05, 0.1) is 0 Å². The summed E-state index contributed by atoms with van der Waals surface area (Å²) in [7, 11) is 0. The number of amides is 1. The maximum absolute atomic E-state index is 11.7. The maximum Gasteiger partial charge on any atom is 0.220 e. The Morgan fingerprint density at radius 2 is 1.84 bits per heavy atom. The SMILES string of the molecule is CCC(CC)CNC(=O)CCC(N)c1ccccc1. The predicted molar refractivity (Wildman–Crippen MR) is 79.7 cm³/mol. The average Bonchev–Trinajstić information content (AvgIpc) is 2.46. The van der Waals surface area contributed by atoms with E-state index >= 15 is 0 Å². The Balaban J connectivity index is 2.27. The number of rotatable bonds is 8. The zero-order valence-corrected chi connectivity index (χ0v) is 12.1. The normalized spacial score (nSPS) is 12.4. The molecular weight excluding hydrogens is 236 g/mol. The molecule has 0 heterocycles. The standard InChI is InChI=1S/C16H26N2O/c1-3-13(4-2)12-18-16(19)11-10-15(17)14-8-6-5-7-9-14/h5-9,13,15H,3-4,10-12,17H2,1-2H3,(H,18,19). The van der Waals surface area contributed by atoms with Crippen molar-refractivity contribution < 1.29 is 4.79 Å². The lowest BCUT2D eigenvalue weighted by molar-refractivity contribution is -0.121. The predicted octanol–water partition coefficient (Wildman–Crippen LogP) is 3.02. The van der Waals surface area contributed by atoms with E-state index in [1.165, 1.54) is 0 Å². The van der Waals surface area contributed by atoms with Gasteiger partial charge < -0.3 is 11.1 Å². The summed E-state index contributed by atoms with van der Waals surface area (Å²) in [6, 6.07) is 9.88. The van der Waals surface area contributed by atoms with Gasteiger partial charge in [-0.25, -0.2) is 0 Å². The van der Waals surface area contributed by atoms with Crippen LogP contribution in [0.1, 0.15) is 51.1 Å². The van der Waals surface area contributed by atoms with Crippen LogP contribution >= 0.6 is 0 Å². The molecule has 0 aliphatic heterocycles. The molecule has 0 fully saturated rings. The number of carbonyl (C=O) groups excluding carboxylic acids is 1. The van der Waals surface area contributed by atoms with Gasteiger partial charge in [0.15, 0.2) is 0 Å². The van der Waals surface area contributed by atoms with E-state index in [9.17, 15) is 4.79 Å². The van der Waals surface area contributed by atoms with E-state index in [1.807, 2.05) is 30.3 Å². The fraction of sp³-hybridized carbons (Fsp3) is 0.562. The van der Waals surface area contributed by atoms with Crippen LogP contribution in [-0.2, 0) is 4.79 Å². The highest BCUT2D eigenvalue weighted by atomic mass is 16.1. The Labute approximate surface area is 116 Å². The first-order valence-electron chi connectivity index (χ1n) is 7.24. The quantitative estimate of drug-likeness (QED) is 0.756. The van der Waals surface area contributed by atoms with E-state index in [1.54, 1.807) is 0 Å². The Bertz CT molecular complexity index is 360. The number of carbonyl (C=O) groups is 1. The molecule has 3 nitrogen and oxygen atoms in total. The molecular formula is C16H26N2O. The van der Waals surface area contributed by atoms with E-state index in [4.69, 9.17) is 5.73 Å². The van der Waals surface area contributed by atoms with E-state index < -0.39 is 0 Å². The summed E-state index contributed by atoms with van der Waals surface area (Å²) < 4.78 is 0. The molecule has 3 N–H and O–H groups in total. The number of hydrogen-bond donors (Lipinski definition) is 2. The van der Waals surface area contributed by atoms with Gasteiger partial charge in [-0.1, -0.05) is 57.0 Å². The smallest absolute Gasteiger partial charge is 0.220 e. The average molecular weight is 262 g/mol. The molecule has 1 rings (SSSR count). The van der Waals surface area contributed by atoms with Gasteiger partial charge in [-0.3, -0.25) is 4.79 Å². The first kappa shape index (κ1) is 15.7. The van der Waals surface area contributed by atoms with Crippen LogP contribution in [0.15, 0.2) is 30.3 Å². The van der Waals surface area contributed by atoms with Crippen LogP contribution in [0.25, 0.3) is 0 Å². The number of benzene rings is 1. The molecule has 3 heteroatoms. The van der Waals surface area contributed by atoms with Crippen molar-refractivity contribution in [2.24, 2.45) is 11.7 Å². The fourth-order valence-corrected chi connectivity index (χ4v) is 2.08. The van der Waals surface area contributed by atoms with Crippen LogP contribution in [0, 0.1) is 5.92 Å². The Morgan fingerprint density at radius 3 is 2.42 bits per heavy atom. The molecule has 1 unspecified atom stereocenters. The minimum absolute atomic E-state index is 0.0555. The molecule has 1 amide bonds. The molecule has 106 valence electrons. The lowest BCUT2D eigenvalue weighted by Gasteiger charge is -2.15. The molecule has 19 heavy (non-hydrogen) atoms. The summed E-state index contributed by atoms with van der Waals surface area (Å²) >= 11 is 0. The summed E-state index contributed by atoms with van der Waals surface area (Å²) in [6.07, 6.45) is 3.41. The molecule has 0 saturated carbocycles. The molecule has 1 aromatic carbocycles. The third kappa shape index (κ3) is 5.88. The highest BCUT2D eigenvalue weighted by molar-refractivity contribution is 5.75. The van der Waals surface area contributed by atoms with Gasteiger partial charge in [0.25, 0.3) is 0 Å². The van der Waals surface area contributed by atoms with E-state index in [-0.39, 0.29) is 11.9 Å². The minimum Gasteiger partial charge on any atom is -0.356 e. The zero-order valence-electron chi connectivity index (χ0n) is 12.1. The number of nitrogens with one attached hydrogen (secondary N) is 1. The van der Waals surface area contributed by atoms with Crippen LogP contribution < -0.4 is 11.1 Å². The lowest BCUT2D eigenvalue weighted by Crippen LogP contribution is -2.29. The summed E-state index contributed by atoms with van der Waals surface area (Å²) in [6.45, 7) is 5.10. The van der Waals surface area contributed by atoms with Crippen LogP contribution in [-0.4, -0.2) is 12.5 Å². The third-order valence-electron chi connectivity index (χ3n) is 3.65. The second-order valence-corrected chi connectivity index (χ2v) is 5.04. The number of hydrogen-bond acceptors (Lipinski definition) is 2. The van der Waals surface area contributed by atoms with E-state index in [0.717, 1.165) is 24.9 Å². The number of nitrogens with two attached hydrogens (primary N) is 1. The Morgan fingerprint density at radius 1 is 1.21 bits per heavy atom. The van der Waals surface area contributed by atoms with Gasteiger partial charge in [0, 0.05) is 19.0 Å². The molecule has 0 bridgehead atoms. The summed E-state index contributed by atoms with van der Waals surface area (Å²) in [5.74, 6) is 0.699. The van der Waals surface area contributed by atoms with Crippen LogP contribution in [0.4, 0.5) is 0 Å². The monoisotopic (exact) mass is 262 g/mol. The first-order valence-corrected chi connectivity index (χ1v) is 7.24. The van der Waals surface area contributed by atoms with Crippen LogP contribution in [0.5, 0.6) is 0 Å². The van der Waals surface area contributed by atoms with Gasteiger partial charge in [0.1, 0.15) is 0 Å². The van der Waals surface area contributed by atoms with Crippen molar-refractivity contribution in [1.82, 2.24) is 5.32 Å². The molecule has 0 spiro atoms. The van der Waals surface area contributed by atoms with Gasteiger partial charge in [0.2, 0.25) is 5.91 Å². The Hall–Kier alpha value is -1.35. The Kier molecular flexibility index (Phi) is 7.19. The fourth-order valence-electron chi connectivity index (χ4n) is 2.08. The van der Waals surface area contributed by atoms with Gasteiger partial charge >= 0.3 is 0 Å². The van der Waals surface area contributed by atoms with Crippen molar-refractivity contribution in [2.75, 3.05) is 6.54 Å². The molecule has 0 radical (unpaired) electrons. The molecule has 1 aromatic rings. The topological polar surface area (TPSA) is 55.1 Å². The summed E-state index contributed by atoms with van der Waals surface area (Å²) in [4.78, 5) is 11.7. The highest BCUT2D eigenvalue weighted by Gasteiger charge is 2.10. The van der Waals surface area contributed by atoms with Crippen molar-refractivity contribution in [2.45, 2.75) is 45.6 Å². The maximum atomic E-state index is 11.7. The van der Waals surface area contributed by atoms with Gasteiger partial charge in [-0.15, -0.1) is 0 Å². The highest BCUT2D eigenvalue weighted by Crippen LogP contribution is 2.15.